The minimum Gasteiger partial charge on any atom is -0.475 e. The van der Waals surface area contributed by atoms with Gasteiger partial charge in [0.1, 0.15) is 6.33 Å². The lowest BCUT2D eigenvalue weighted by atomic mass is 10.1. The Morgan fingerprint density at radius 1 is 1.57 bits per heavy atom. The van der Waals surface area contributed by atoms with Crippen molar-refractivity contribution in [3.05, 3.63) is 24.3 Å². The molecule has 0 fully saturated rings. The third-order valence-electron chi connectivity index (χ3n) is 2.28. The van der Waals surface area contributed by atoms with Crippen LogP contribution in [0.15, 0.2) is 18.5 Å². The number of hydrogen-bond donors (Lipinski definition) is 1. The van der Waals surface area contributed by atoms with Gasteiger partial charge < -0.3 is 5.11 Å². The van der Waals surface area contributed by atoms with E-state index in [9.17, 15) is 4.79 Å². The van der Waals surface area contributed by atoms with Gasteiger partial charge in [0.05, 0.1) is 0 Å². The van der Waals surface area contributed by atoms with Crippen LogP contribution in [0.1, 0.15) is 23.5 Å². The number of nitrogens with zero attached hydrogens (tertiary/aromatic N) is 3. The summed E-state index contributed by atoms with van der Waals surface area (Å²) >= 11 is 0. The summed E-state index contributed by atoms with van der Waals surface area (Å²) in [5, 5.41) is 12.5. The number of allylic oxidation sites excluding steroid dienone is 2. The van der Waals surface area contributed by atoms with Crippen molar-refractivity contribution in [1.82, 2.24) is 14.8 Å². The summed E-state index contributed by atoms with van der Waals surface area (Å²) in [4.78, 5) is 14.2. The first-order valence-corrected chi connectivity index (χ1v) is 4.53. The molecule has 5 nitrogen and oxygen atoms in total. The smallest absolute Gasteiger partial charge is 0.375 e. The lowest BCUT2D eigenvalue weighted by Gasteiger charge is -2.07. The zero-order valence-corrected chi connectivity index (χ0v) is 7.63. The fourth-order valence-corrected chi connectivity index (χ4v) is 1.57. The Bertz CT molecular complexity index is 362. The average molecular weight is 193 g/mol. The van der Waals surface area contributed by atoms with E-state index in [1.54, 1.807) is 4.68 Å². The molecule has 0 amide bonds. The molecule has 1 aliphatic carbocycles. The van der Waals surface area contributed by atoms with Crippen LogP contribution in [0.3, 0.4) is 0 Å². The predicted octanol–water partition coefficient (Wildman–Crippen LogP) is 0.943. The molecule has 2 rings (SSSR count). The second-order valence-electron chi connectivity index (χ2n) is 3.40. The Balaban J connectivity index is 1.99. The third kappa shape index (κ3) is 1.81. The number of hydrogen-bond acceptors (Lipinski definition) is 3. The van der Waals surface area contributed by atoms with Gasteiger partial charge in [-0.05, 0) is 18.8 Å². The van der Waals surface area contributed by atoms with Gasteiger partial charge in [0, 0.05) is 6.54 Å². The molecule has 74 valence electrons. The summed E-state index contributed by atoms with van der Waals surface area (Å²) in [6, 6.07) is 0. The van der Waals surface area contributed by atoms with Gasteiger partial charge in [0.2, 0.25) is 0 Å². The Labute approximate surface area is 81.1 Å². The van der Waals surface area contributed by atoms with Crippen LogP contribution in [0.5, 0.6) is 0 Å². The van der Waals surface area contributed by atoms with Gasteiger partial charge in [-0.25, -0.2) is 9.78 Å². The van der Waals surface area contributed by atoms with E-state index in [2.05, 4.69) is 22.2 Å². The molecule has 0 saturated heterocycles. The van der Waals surface area contributed by atoms with Crippen molar-refractivity contribution in [2.75, 3.05) is 0 Å². The van der Waals surface area contributed by atoms with Crippen LogP contribution in [0.4, 0.5) is 0 Å². The molecule has 0 bridgehead atoms. The standard InChI is InChI=1S/C9H11N3O2/c13-9(14)8-10-6-12(11-8)5-7-3-1-2-4-7/h1-2,6-7H,3-5H2,(H,13,14). The van der Waals surface area contributed by atoms with Gasteiger partial charge in [-0.15, -0.1) is 5.10 Å². The van der Waals surface area contributed by atoms with Gasteiger partial charge in [0.15, 0.2) is 0 Å². The SMILES string of the molecule is O=C(O)c1ncn(CC2CC=CC2)n1. The number of aromatic nitrogens is 3. The summed E-state index contributed by atoms with van der Waals surface area (Å²) < 4.78 is 1.60. The highest BCUT2D eigenvalue weighted by molar-refractivity contribution is 5.82. The maximum absolute atomic E-state index is 10.5. The Hall–Kier alpha value is -1.65. The summed E-state index contributed by atoms with van der Waals surface area (Å²) in [7, 11) is 0. The molecule has 0 spiro atoms. The van der Waals surface area contributed by atoms with Crippen molar-refractivity contribution in [2.45, 2.75) is 19.4 Å². The van der Waals surface area contributed by atoms with E-state index in [0.29, 0.717) is 5.92 Å². The molecule has 0 aliphatic heterocycles. The fraction of sp³-hybridized carbons (Fsp3) is 0.444. The molecule has 0 atom stereocenters. The van der Waals surface area contributed by atoms with Crippen LogP contribution in [0.2, 0.25) is 0 Å². The fourth-order valence-electron chi connectivity index (χ4n) is 1.57. The van der Waals surface area contributed by atoms with E-state index in [0.717, 1.165) is 19.4 Å². The normalized spacial score (nSPS) is 16.3. The maximum atomic E-state index is 10.5. The van der Waals surface area contributed by atoms with E-state index in [1.165, 1.54) is 6.33 Å². The second-order valence-corrected chi connectivity index (χ2v) is 3.40. The minimum atomic E-state index is -1.08. The molecule has 0 unspecified atom stereocenters. The van der Waals surface area contributed by atoms with E-state index >= 15 is 0 Å². The monoisotopic (exact) mass is 193 g/mol. The number of carboxylic acid groups (broad SMARTS) is 1. The van der Waals surface area contributed by atoms with Crippen LogP contribution >= 0.6 is 0 Å². The molecule has 0 radical (unpaired) electrons. The average Bonchev–Trinajstić information content (AvgIpc) is 2.75. The Morgan fingerprint density at radius 2 is 2.29 bits per heavy atom. The highest BCUT2D eigenvalue weighted by Crippen LogP contribution is 2.18. The lowest BCUT2D eigenvalue weighted by Crippen LogP contribution is -2.09. The highest BCUT2D eigenvalue weighted by atomic mass is 16.4. The maximum Gasteiger partial charge on any atom is 0.375 e. The number of carbonyl (C=O) groups is 1. The van der Waals surface area contributed by atoms with Crippen LogP contribution in [0.25, 0.3) is 0 Å². The van der Waals surface area contributed by atoms with Crippen molar-refractivity contribution in [1.29, 1.82) is 0 Å². The second kappa shape index (κ2) is 3.61. The van der Waals surface area contributed by atoms with E-state index < -0.39 is 5.97 Å². The van der Waals surface area contributed by atoms with Crippen LogP contribution in [-0.4, -0.2) is 25.8 Å². The summed E-state index contributed by atoms with van der Waals surface area (Å²) in [6.07, 6.45) is 7.84. The zero-order valence-electron chi connectivity index (χ0n) is 7.63. The van der Waals surface area contributed by atoms with Crippen molar-refractivity contribution < 1.29 is 9.90 Å². The first kappa shape index (κ1) is 8.93. The Kier molecular flexibility index (Phi) is 2.30. The number of aromatic carboxylic acids is 1. The van der Waals surface area contributed by atoms with Crippen LogP contribution in [0, 0.1) is 5.92 Å². The van der Waals surface area contributed by atoms with E-state index in [-0.39, 0.29) is 5.82 Å². The van der Waals surface area contributed by atoms with Gasteiger partial charge >= 0.3 is 5.97 Å². The zero-order chi connectivity index (χ0) is 9.97. The van der Waals surface area contributed by atoms with Crippen molar-refractivity contribution in [2.24, 2.45) is 5.92 Å². The molecule has 1 N–H and O–H groups in total. The quantitative estimate of drug-likeness (QED) is 0.725. The van der Waals surface area contributed by atoms with E-state index in [1.807, 2.05) is 0 Å². The lowest BCUT2D eigenvalue weighted by molar-refractivity contribution is 0.0683. The predicted molar refractivity (Wildman–Crippen MR) is 48.8 cm³/mol. The summed E-state index contributed by atoms with van der Waals surface area (Å²) in [5.41, 5.74) is 0. The van der Waals surface area contributed by atoms with Gasteiger partial charge in [0.25, 0.3) is 5.82 Å². The molecule has 1 aromatic heterocycles. The first-order valence-electron chi connectivity index (χ1n) is 4.53. The number of carboxylic acids is 1. The molecule has 0 saturated carbocycles. The first-order chi connectivity index (χ1) is 6.75. The van der Waals surface area contributed by atoms with Gasteiger partial charge in [-0.3, -0.25) is 4.68 Å². The van der Waals surface area contributed by atoms with Crippen LogP contribution < -0.4 is 0 Å². The molecular weight excluding hydrogens is 182 g/mol. The van der Waals surface area contributed by atoms with Gasteiger partial charge in [-0.2, -0.15) is 0 Å². The molecule has 0 aromatic carbocycles. The van der Waals surface area contributed by atoms with Crippen molar-refractivity contribution in [3.8, 4) is 0 Å². The minimum absolute atomic E-state index is 0.129. The highest BCUT2D eigenvalue weighted by Gasteiger charge is 2.13. The topological polar surface area (TPSA) is 68.0 Å². The molecule has 5 heteroatoms. The molecule has 14 heavy (non-hydrogen) atoms. The van der Waals surface area contributed by atoms with Gasteiger partial charge in [-0.1, -0.05) is 12.2 Å². The van der Waals surface area contributed by atoms with Crippen molar-refractivity contribution in [3.63, 3.8) is 0 Å². The van der Waals surface area contributed by atoms with Crippen LogP contribution in [-0.2, 0) is 6.54 Å². The molecule has 1 aromatic rings. The Morgan fingerprint density at radius 3 is 2.86 bits per heavy atom. The third-order valence-corrected chi connectivity index (χ3v) is 2.28. The van der Waals surface area contributed by atoms with Crippen molar-refractivity contribution >= 4 is 5.97 Å². The van der Waals surface area contributed by atoms with E-state index in [4.69, 9.17) is 5.11 Å². The molecule has 1 aliphatic rings. The largest absolute Gasteiger partial charge is 0.475 e. The number of rotatable bonds is 3. The molecule has 1 heterocycles. The summed E-state index contributed by atoms with van der Waals surface area (Å²) in [5.74, 6) is -0.664. The summed E-state index contributed by atoms with van der Waals surface area (Å²) in [6.45, 7) is 0.743. The molecular formula is C9H11N3O2.